The van der Waals surface area contributed by atoms with Gasteiger partial charge in [0.15, 0.2) is 5.65 Å². The Labute approximate surface area is 146 Å². The van der Waals surface area contributed by atoms with Crippen LogP contribution in [0.1, 0.15) is 36.5 Å². The van der Waals surface area contributed by atoms with Gasteiger partial charge >= 0.3 is 5.97 Å². The number of amides is 1. The van der Waals surface area contributed by atoms with E-state index in [2.05, 4.69) is 10.2 Å². The largest absolute Gasteiger partial charge is 0.481 e. The maximum atomic E-state index is 12.9. The van der Waals surface area contributed by atoms with Crippen LogP contribution in [0.15, 0.2) is 18.3 Å². The molecule has 2 aromatic rings. The first-order valence-electron chi connectivity index (χ1n) is 8.35. The molecule has 136 valence electrons. The Bertz CT molecular complexity index is 743. The topological polar surface area (TPSA) is 97.0 Å². The molecule has 0 aliphatic carbocycles. The number of ether oxygens (including phenoxy) is 1. The molecule has 0 aliphatic rings. The highest BCUT2D eigenvalue weighted by atomic mass is 16.5. The number of rotatable bonds is 9. The monoisotopic (exact) mass is 348 g/mol. The van der Waals surface area contributed by atoms with Crippen molar-refractivity contribution in [3.63, 3.8) is 0 Å². The normalized spacial score (nSPS) is 12.3. The Morgan fingerprint density at radius 3 is 2.80 bits per heavy atom. The predicted octanol–water partition coefficient (Wildman–Crippen LogP) is 1.63. The van der Waals surface area contributed by atoms with E-state index >= 15 is 0 Å². The van der Waals surface area contributed by atoms with E-state index in [-0.39, 0.29) is 12.5 Å². The number of fused-ring (bicyclic) bond motifs is 1. The molecular formula is C17H24N4O4. The lowest BCUT2D eigenvalue weighted by atomic mass is 10.1. The SMILES string of the molecule is CCOCCCN(CC(C)C(=O)O)C(=O)c1ccc2nnc(C)n2c1. The molecule has 0 radical (unpaired) electrons. The van der Waals surface area contributed by atoms with Crippen molar-refractivity contribution in [3.05, 3.63) is 29.7 Å². The number of nitrogens with zero attached hydrogens (tertiary/aromatic N) is 4. The van der Waals surface area contributed by atoms with E-state index in [0.717, 1.165) is 0 Å². The number of carbonyl (C=O) groups excluding carboxylic acids is 1. The number of aryl methyl sites for hydroxylation is 1. The van der Waals surface area contributed by atoms with E-state index in [1.54, 1.807) is 41.5 Å². The van der Waals surface area contributed by atoms with Gasteiger partial charge in [0.1, 0.15) is 5.82 Å². The molecule has 1 unspecified atom stereocenters. The molecule has 0 saturated heterocycles. The number of aliphatic carboxylic acids is 1. The molecule has 25 heavy (non-hydrogen) atoms. The third-order valence-corrected chi connectivity index (χ3v) is 3.94. The van der Waals surface area contributed by atoms with Crippen molar-refractivity contribution in [2.24, 2.45) is 5.92 Å². The van der Waals surface area contributed by atoms with Crippen molar-refractivity contribution in [2.45, 2.75) is 27.2 Å². The molecule has 0 saturated carbocycles. The molecule has 8 nitrogen and oxygen atoms in total. The molecular weight excluding hydrogens is 324 g/mol. The smallest absolute Gasteiger partial charge is 0.308 e. The zero-order valence-electron chi connectivity index (χ0n) is 14.8. The van der Waals surface area contributed by atoms with Gasteiger partial charge in [0.2, 0.25) is 0 Å². The summed E-state index contributed by atoms with van der Waals surface area (Å²) in [4.78, 5) is 25.6. The Hall–Kier alpha value is -2.48. The molecule has 1 N–H and O–H groups in total. The van der Waals surface area contributed by atoms with Crippen LogP contribution in [0.2, 0.25) is 0 Å². The van der Waals surface area contributed by atoms with E-state index in [1.165, 1.54) is 0 Å². The van der Waals surface area contributed by atoms with Crippen molar-refractivity contribution in [3.8, 4) is 0 Å². The molecule has 1 atom stereocenters. The van der Waals surface area contributed by atoms with E-state index in [9.17, 15) is 9.59 Å². The number of carboxylic acid groups (broad SMARTS) is 1. The highest BCUT2D eigenvalue weighted by molar-refractivity contribution is 5.94. The van der Waals surface area contributed by atoms with E-state index in [1.807, 2.05) is 6.92 Å². The molecule has 0 aliphatic heterocycles. The third-order valence-electron chi connectivity index (χ3n) is 3.94. The maximum Gasteiger partial charge on any atom is 0.308 e. The van der Waals surface area contributed by atoms with Gasteiger partial charge in [-0.25, -0.2) is 0 Å². The summed E-state index contributed by atoms with van der Waals surface area (Å²) in [5.41, 5.74) is 1.14. The van der Waals surface area contributed by atoms with Gasteiger partial charge in [0.05, 0.1) is 11.5 Å². The Morgan fingerprint density at radius 2 is 2.12 bits per heavy atom. The summed E-state index contributed by atoms with van der Waals surface area (Å²) in [6, 6.07) is 3.42. The zero-order valence-corrected chi connectivity index (χ0v) is 14.8. The number of carbonyl (C=O) groups is 2. The summed E-state index contributed by atoms with van der Waals surface area (Å²) < 4.78 is 7.05. The van der Waals surface area contributed by atoms with Crippen LogP contribution in [0.3, 0.4) is 0 Å². The van der Waals surface area contributed by atoms with Gasteiger partial charge in [-0.3, -0.25) is 14.0 Å². The van der Waals surface area contributed by atoms with Crippen molar-refractivity contribution in [1.29, 1.82) is 0 Å². The summed E-state index contributed by atoms with van der Waals surface area (Å²) in [5.74, 6) is -1.09. The zero-order chi connectivity index (χ0) is 18.4. The molecule has 0 spiro atoms. The lowest BCUT2D eigenvalue weighted by Crippen LogP contribution is -2.38. The first kappa shape index (κ1) is 18.9. The standard InChI is InChI=1S/C17H24N4O4/c1-4-25-9-5-8-20(10-12(2)17(23)24)16(22)14-6-7-15-19-18-13(3)21(15)11-14/h6-7,11-12H,4-5,8-10H2,1-3H3,(H,23,24). The second kappa shape index (κ2) is 8.57. The molecule has 0 aromatic carbocycles. The summed E-state index contributed by atoms with van der Waals surface area (Å²) in [6.45, 7) is 7.05. The summed E-state index contributed by atoms with van der Waals surface area (Å²) in [7, 11) is 0. The van der Waals surface area contributed by atoms with E-state index < -0.39 is 11.9 Å². The molecule has 2 aromatic heterocycles. The minimum atomic E-state index is -0.923. The quantitative estimate of drug-likeness (QED) is 0.692. The van der Waals surface area contributed by atoms with Crippen LogP contribution < -0.4 is 0 Å². The predicted molar refractivity (Wildman–Crippen MR) is 91.5 cm³/mol. The van der Waals surface area contributed by atoms with Crippen LogP contribution in [0.25, 0.3) is 5.65 Å². The van der Waals surface area contributed by atoms with Crippen LogP contribution in [-0.2, 0) is 9.53 Å². The average Bonchev–Trinajstić information content (AvgIpc) is 2.97. The lowest BCUT2D eigenvalue weighted by Gasteiger charge is -2.24. The van der Waals surface area contributed by atoms with Gasteiger partial charge in [0.25, 0.3) is 5.91 Å². The molecule has 0 bridgehead atoms. The Kier molecular flexibility index (Phi) is 6.46. The van der Waals surface area contributed by atoms with Gasteiger partial charge in [-0.15, -0.1) is 10.2 Å². The van der Waals surface area contributed by atoms with Crippen LogP contribution >= 0.6 is 0 Å². The minimum absolute atomic E-state index is 0.152. The van der Waals surface area contributed by atoms with Crippen molar-refractivity contribution >= 4 is 17.5 Å². The number of hydrogen-bond donors (Lipinski definition) is 1. The Morgan fingerprint density at radius 1 is 1.36 bits per heavy atom. The number of aromatic nitrogens is 3. The molecule has 2 heterocycles. The van der Waals surface area contributed by atoms with Gasteiger partial charge < -0.3 is 14.7 Å². The maximum absolute atomic E-state index is 12.9. The van der Waals surface area contributed by atoms with E-state index in [0.29, 0.717) is 43.2 Å². The summed E-state index contributed by atoms with van der Waals surface area (Å²) in [5, 5.41) is 17.1. The lowest BCUT2D eigenvalue weighted by molar-refractivity contribution is -0.141. The first-order valence-corrected chi connectivity index (χ1v) is 8.35. The van der Waals surface area contributed by atoms with Gasteiger partial charge in [-0.1, -0.05) is 6.92 Å². The number of pyridine rings is 1. The molecule has 2 rings (SSSR count). The second-order valence-corrected chi connectivity index (χ2v) is 5.93. The van der Waals surface area contributed by atoms with Crippen LogP contribution in [-0.4, -0.2) is 62.8 Å². The highest BCUT2D eigenvalue weighted by Gasteiger charge is 2.22. The summed E-state index contributed by atoms with van der Waals surface area (Å²) in [6.07, 6.45) is 2.34. The number of hydrogen-bond acceptors (Lipinski definition) is 5. The third kappa shape index (κ3) is 4.76. The minimum Gasteiger partial charge on any atom is -0.481 e. The van der Waals surface area contributed by atoms with Crippen LogP contribution in [0.5, 0.6) is 0 Å². The summed E-state index contributed by atoms with van der Waals surface area (Å²) >= 11 is 0. The average molecular weight is 348 g/mol. The van der Waals surface area contributed by atoms with Gasteiger partial charge in [-0.2, -0.15) is 0 Å². The number of carboxylic acids is 1. The fraction of sp³-hybridized carbons (Fsp3) is 0.529. The van der Waals surface area contributed by atoms with Crippen molar-refractivity contribution in [2.75, 3.05) is 26.3 Å². The van der Waals surface area contributed by atoms with Crippen molar-refractivity contribution in [1.82, 2.24) is 19.5 Å². The second-order valence-electron chi connectivity index (χ2n) is 5.93. The highest BCUT2D eigenvalue weighted by Crippen LogP contribution is 2.12. The fourth-order valence-electron chi connectivity index (χ4n) is 2.50. The molecule has 1 amide bonds. The first-order chi connectivity index (χ1) is 11.9. The molecule has 0 fully saturated rings. The van der Waals surface area contributed by atoms with Crippen molar-refractivity contribution < 1.29 is 19.4 Å². The molecule has 8 heteroatoms. The Balaban J connectivity index is 2.18. The van der Waals surface area contributed by atoms with Crippen LogP contribution in [0.4, 0.5) is 0 Å². The van der Waals surface area contributed by atoms with Gasteiger partial charge in [0, 0.05) is 32.5 Å². The van der Waals surface area contributed by atoms with Crippen LogP contribution in [0, 0.1) is 12.8 Å². The fourth-order valence-corrected chi connectivity index (χ4v) is 2.50. The van der Waals surface area contributed by atoms with E-state index in [4.69, 9.17) is 9.84 Å². The van der Waals surface area contributed by atoms with Gasteiger partial charge in [-0.05, 0) is 32.4 Å².